The Morgan fingerprint density at radius 3 is 2.21 bits per heavy atom. The summed E-state index contributed by atoms with van der Waals surface area (Å²) in [6.07, 6.45) is 5.78. The minimum Gasteiger partial charge on any atom is -1.00 e. The molecule has 1 fully saturated rings. The average molecular weight is 435 g/mol. The monoisotopic (exact) mass is 435 g/mol. The number of likely N-dealkylation sites (N-methyl/N-ethyl adjacent to an activating group) is 1. The van der Waals surface area contributed by atoms with Gasteiger partial charge in [-0.2, -0.15) is 0 Å². The molecule has 0 radical (unpaired) electrons. The van der Waals surface area contributed by atoms with E-state index in [1.807, 2.05) is 6.07 Å². The van der Waals surface area contributed by atoms with Gasteiger partial charge in [-0.05, 0) is 30.2 Å². The number of quaternary nitrogens is 1. The number of hydrogen-bond donors (Lipinski definition) is 0. The third-order valence-electron chi connectivity index (χ3n) is 4.85. The van der Waals surface area contributed by atoms with Crippen molar-refractivity contribution >= 4 is 12.2 Å². The first-order valence-corrected chi connectivity index (χ1v) is 8.50. The summed E-state index contributed by atoms with van der Waals surface area (Å²) in [6, 6.07) is 18.8. The topological polar surface area (TPSA) is 9.23 Å². The van der Waals surface area contributed by atoms with E-state index in [4.69, 9.17) is 4.74 Å². The van der Waals surface area contributed by atoms with Crippen molar-refractivity contribution in [3.05, 3.63) is 65.7 Å². The van der Waals surface area contributed by atoms with E-state index >= 15 is 0 Å². The van der Waals surface area contributed by atoms with E-state index < -0.39 is 0 Å². The number of hydrogen-bond acceptors (Lipinski definition) is 1. The summed E-state index contributed by atoms with van der Waals surface area (Å²) in [6.45, 7) is 5.78. The summed E-state index contributed by atoms with van der Waals surface area (Å²) < 4.78 is 7.28. The van der Waals surface area contributed by atoms with Gasteiger partial charge < -0.3 is 33.2 Å². The van der Waals surface area contributed by atoms with E-state index in [1.54, 1.807) is 0 Å². The molecule has 1 aliphatic heterocycles. The second-order valence-corrected chi connectivity index (χ2v) is 6.68. The summed E-state index contributed by atoms with van der Waals surface area (Å²) in [7, 11) is 2.32. The molecule has 0 N–H and O–H groups in total. The molecule has 1 aliphatic rings. The largest absolute Gasteiger partial charge is 1.00 e. The highest BCUT2D eigenvalue weighted by Crippen LogP contribution is 2.23. The number of halogens is 1. The zero-order valence-electron chi connectivity index (χ0n) is 14.5. The van der Waals surface area contributed by atoms with Crippen LogP contribution in [0.15, 0.2) is 54.6 Å². The van der Waals surface area contributed by atoms with Crippen molar-refractivity contribution in [1.29, 1.82) is 0 Å². The second-order valence-electron chi connectivity index (χ2n) is 6.68. The Hall–Kier alpha value is -1.33. The zero-order valence-corrected chi connectivity index (χ0v) is 16.6. The van der Waals surface area contributed by atoms with Crippen LogP contribution in [-0.4, -0.2) is 37.3 Å². The minimum atomic E-state index is 0. The van der Waals surface area contributed by atoms with Crippen LogP contribution in [-0.2, 0) is 0 Å². The molecule has 3 heteroatoms. The Morgan fingerprint density at radius 1 is 1.00 bits per heavy atom. The molecule has 2 aromatic rings. The molecule has 128 valence electrons. The van der Waals surface area contributed by atoms with Crippen molar-refractivity contribution in [2.75, 3.05) is 26.7 Å². The fourth-order valence-corrected chi connectivity index (χ4v) is 3.12. The molecule has 0 aliphatic carbocycles. The Morgan fingerprint density at radius 2 is 1.62 bits per heavy atom. The van der Waals surface area contributed by atoms with Crippen LogP contribution >= 0.6 is 0 Å². The summed E-state index contributed by atoms with van der Waals surface area (Å²) in [5, 5.41) is 0. The molecule has 1 heterocycles. The van der Waals surface area contributed by atoms with Gasteiger partial charge in [-0.25, -0.2) is 0 Å². The lowest BCUT2D eigenvalue weighted by atomic mass is 10.1. The summed E-state index contributed by atoms with van der Waals surface area (Å²) in [5.41, 5.74) is 2.41. The number of ether oxygens (including phenoxy) is 1. The van der Waals surface area contributed by atoms with Gasteiger partial charge in [0, 0.05) is 6.42 Å². The van der Waals surface area contributed by atoms with E-state index in [0.717, 1.165) is 23.2 Å². The van der Waals surface area contributed by atoms with Crippen molar-refractivity contribution in [3.8, 4) is 5.75 Å². The van der Waals surface area contributed by atoms with Crippen molar-refractivity contribution < 1.29 is 33.2 Å². The molecule has 2 nitrogen and oxygen atoms in total. The molecule has 2 aromatic carbocycles. The van der Waals surface area contributed by atoms with Crippen LogP contribution in [0.1, 0.15) is 24.5 Å². The molecule has 0 aromatic heterocycles. The smallest absolute Gasteiger partial charge is 0.153 e. The van der Waals surface area contributed by atoms with Gasteiger partial charge in [-0.3, -0.25) is 0 Å². The van der Waals surface area contributed by atoms with Crippen molar-refractivity contribution in [2.24, 2.45) is 0 Å². The lowest BCUT2D eigenvalue weighted by molar-refractivity contribution is -0.897. The normalized spacial score (nSPS) is 23.2. The van der Waals surface area contributed by atoms with E-state index in [-0.39, 0.29) is 24.0 Å². The maximum Gasteiger partial charge on any atom is 0.153 e. The van der Waals surface area contributed by atoms with Crippen molar-refractivity contribution in [2.45, 2.75) is 19.4 Å². The molecule has 0 bridgehead atoms. The highest BCUT2D eigenvalue weighted by molar-refractivity contribution is 5.69. The van der Waals surface area contributed by atoms with Gasteiger partial charge in [0.2, 0.25) is 0 Å². The lowest BCUT2D eigenvalue weighted by Crippen LogP contribution is -3.00. The standard InChI is InChI=1S/C21H26NO.HI/c1-3-22(2)16-15-21(17-22)23-20-13-11-19(12-14-20)10-9-18-7-5-4-6-8-18;/h4-14,21H,3,15-17H2,1-2H3;1H/q+1;/p-1/b10-9+;/t21-,22?;/m1./s1. The first kappa shape index (κ1) is 19.0. The fourth-order valence-electron chi connectivity index (χ4n) is 3.12. The second kappa shape index (κ2) is 8.67. The first-order valence-electron chi connectivity index (χ1n) is 8.50. The van der Waals surface area contributed by atoms with Crippen LogP contribution in [0.3, 0.4) is 0 Å². The van der Waals surface area contributed by atoms with Gasteiger partial charge in [-0.1, -0.05) is 54.6 Å². The Labute approximate surface area is 162 Å². The molecular weight excluding hydrogens is 409 g/mol. The molecule has 0 amide bonds. The third kappa shape index (κ3) is 5.08. The molecule has 0 spiro atoms. The van der Waals surface area contributed by atoms with Crippen LogP contribution in [0.4, 0.5) is 0 Å². The highest BCUT2D eigenvalue weighted by Gasteiger charge is 2.34. The Kier molecular flexibility index (Phi) is 6.87. The van der Waals surface area contributed by atoms with Gasteiger partial charge in [0.05, 0.1) is 20.1 Å². The summed E-state index contributed by atoms with van der Waals surface area (Å²) in [4.78, 5) is 0. The molecule has 1 unspecified atom stereocenters. The van der Waals surface area contributed by atoms with E-state index in [2.05, 4.69) is 74.7 Å². The quantitative estimate of drug-likeness (QED) is 0.393. The highest BCUT2D eigenvalue weighted by atomic mass is 127. The van der Waals surface area contributed by atoms with Gasteiger partial charge in [-0.15, -0.1) is 0 Å². The summed E-state index contributed by atoms with van der Waals surface area (Å²) >= 11 is 0. The molecule has 3 rings (SSSR count). The van der Waals surface area contributed by atoms with Gasteiger partial charge in [0.25, 0.3) is 0 Å². The van der Waals surface area contributed by atoms with Gasteiger partial charge >= 0.3 is 0 Å². The minimum absolute atomic E-state index is 0. The van der Waals surface area contributed by atoms with Crippen LogP contribution in [0, 0.1) is 0 Å². The molecular formula is C21H26INO. The number of benzene rings is 2. The van der Waals surface area contributed by atoms with E-state index in [1.165, 1.54) is 24.2 Å². The maximum absolute atomic E-state index is 6.15. The third-order valence-corrected chi connectivity index (χ3v) is 4.85. The predicted molar refractivity (Wildman–Crippen MR) is 97.3 cm³/mol. The Balaban J connectivity index is 0.00000208. The fraction of sp³-hybridized carbons (Fsp3) is 0.333. The van der Waals surface area contributed by atoms with Crippen molar-refractivity contribution in [3.63, 3.8) is 0 Å². The van der Waals surface area contributed by atoms with E-state index in [9.17, 15) is 0 Å². The van der Waals surface area contributed by atoms with Crippen LogP contribution in [0.25, 0.3) is 12.2 Å². The molecule has 24 heavy (non-hydrogen) atoms. The lowest BCUT2D eigenvalue weighted by Gasteiger charge is -2.27. The SMILES string of the molecule is CC[N+]1(C)CC[C@@H](Oc2ccc(/C=C/c3ccccc3)cc2)C1.[I-]. The first-order chi connectivity index (χ1) is 11.2. The zero-order chi connectivity index (χ0) is 16.1. The number of rotatable bonds is 5. The molecule has 2 atom stereocenters. The molecule has 1 saturated heterocycles. The van der Waals surface area contributed by atoms with Crippen LogP contribution in [0.5, 0.6) is 5.75 Å². The van der Waals surface area contributed by atoms with Gasteiger partial charge in [0.15, 0.2) is 6.10 Å². The van der Waals surface area contributed by atoms with Crippen LogP contribution < -0.4 is 28.7 Å². The average Bonchev–Trinajstić information content (AvgIpc) is 2.97. The Bertz CT molecular complexity index is 653. The number of likely N-dealkylation sites (tertiary alicyclic amines) is 1. The maximum atomic E-state index is 6.15. The summed E-state index contributed by atoms with van der Waals surface area (Å²) in [5.74, 6) is 0.983. The van der Waals surface area contributed by atoms with Crippen LogP contribution in [0.2, 0.25) is 0 Å². The van der Waals surface area contributed by atoms with Crippen molar-refractivity contribution in [1.82, 2.24) is 0 Å². The predicted octanol–water partition coefficient (Wildman–Crippen LogP) is 1.48. The van der Waals surface area contributed by atoms with Gasteiger partial charge in [0.1, 0.15) is 12.3 Å². The number of nitrogens with zero attached hydrogens (tertiary/aromatic N) is 1. The van der Waals surface area contributed by atoms with E-state index in [0.29, 0.717) is 6.10 Å². The molecule has 0 saturated carbocycles.